The molecule has 3 nitrogen and oxygen atoms in total. The molecule has 0 spiro atoms. The number of hydrogen-bond acceptors (Lipinski definition) is 3. The van der Waals surface area contributed by atoms with Crippen LogP contribution in [0.25, 0.3) is 11.6 Å². The minimum Gasteiger partial charge on any atom is -0.458 e. The molecule has 0 unspecified atom stereocenters. The number of nitrogens with zero attached hydrogens (tertiary/aromatic N) is 2. The molecule has 0 aliphatic heterocycles. The standard InChI is InChI=1S/C12H12BrClN2O/c1-6(2)10-9(13)11(14)16-12(15-10)8-5-4-7(3)17-8/h4-6H,1-3H3. The molecule has 5 heteroatoms. The Kier molecular flexibility index (Phi) is 3.54. The van der Waals surface area contributed by atoms with Crippen molar-refractivity contribution in [1.29, 1.82) is 0 Å². The van der Waals surface area contributed by atoms with E-state index < -0.39 is 0 Å². The summed E-state index contributed by atoms with van der Waals surface area (Å²) in [5, 5.41) is 0.410. The van der Waals surface area contributed by atoms with Crippen LogP contribution < -0.4 is 0 Å². The van der Waals surface area contributed by atoms with Crippen LogP contribution in [0.4, 0.5) is 0 Å². The summed E-state index contributed by atoms with van der Waals surface area (Å²) >= 11 is 9.49. The summed E-state index contributed by atoms with van der Waals surface area (Å²) in [6.45, 7) is 5.99. The van der Waals surface area contributed by atoms with E-state index in [0.717, 1.165) is 15.9 Å². The van der Waals surface area contributed by atoms with Gasteiger partial charge in [-0.3, -0.25) is 0 Å². The molecular weight excluding hydrogens is 304 g/mol. The summed E-state index contributed by atoms with van der Waals surface area (Å²) < 4.78 is 6.25. The third-order valence-corrected chi connectivity index (χ3v) is 3.63. The molecule has 0 aromatic carbocycles. The zero-order valence-electron chi connectivity index (χ0n) is 9.79. The number of rotatable bonds is 2. The van der Waals surface area contributed by atoms with Gasteiger partial charge in [-0.15, -0.1) is 0 Å². The highest BCUT2D eigenvalue weighted by molar-refractivity contribution is 9.10. The molecule has 0 saturated carbocycles. The summed E-state index contributed by atoms with van der Waals surface area (Å²) in [6.07, 6.45) is 0. The first-order valence-electron chi connectivity index (χ1n) is 5.28. The Morgan fingerprint density at radius 2 is 2.00 bits per heavy atom. The van der Waals surface area contributed by atoms with Crippen LogP contribution in [-0.2, 0) is 0 Å². The molecule has 0 saturated heterocycles. The van der Waals surface area contributed by atoms with Crippen LogP contribution in [-0.4, -0.2) is 9.97 Å². The first-order chi connectivity index (χ1) is 7.99. The van der Waals surface area contributed by atoms with Gasteiger partial charge in [-0.2, -0.15) is 0 Å². The fourth-order valence-corrected chi connectivity index (χ4v) is 2.30. The van der Waals surface area contributed by atoms with Crippen LogP contribution in [0, 0.1) is 6.92 Å². The maximum absolute atomic E-state index is 6.08. The normalized spacial score (nSPS) is 11.2. The predicted octanol–water partition coefficient (Wildman–Crippen LogP) is 4.58. The minimum absolute atomic E-state index is 0.264. The van der Waals surface area contributed by atoms with Gasteiger partial charge < -0.3 is 4.42 Å². The number of aryl methyl sites for hydroxylation is 1. The van der Waals surface area contributed by atoms with E-state index in [1.807, 2.05) is 19.1 Å². The van der Waals surface area contributed by atoms with E-state index in [0.29, 0.717) is 16.7 Å². The van der Waals surface area contributed by atoms with Crippen molar-refractivity contribution in [3.8, 4) is 11.6 Å². The molecule has 2 aromatic rings. The van der Waals surface area contributed by atoms with E-state index in [9.17, 15) is 0 Å². The molecule has 0 N–H and O–H groups in total. The first-order valence-corrected chi connectivity index (χ1v) is 6.46. The van der Waals surface area contributed by atoms with Gasteiger partial charge in [-0.05, 0) is 40.9 Å². The van der Waals surface area contributed by atoms with Gasteiger partial charge in [-0.1, -0.05) is 25.4 Å². The molecule has 17 heavy (non-hydrogen) atoms. The van der Waals surface area contributed by atoms with Gasteiger partial charge in [-0.25, -0.2) is 9.97 Å². The van der Waals surface area contributed by atoms with Crippen molar-refractivity contribution in [2.45, 2.75) is 26.7 Å². The average Bonchev–Trinajstić information content (AvgIpc) is 2.68. The summed E-state index contributed by atoms with van der Waals surface area (Å²) in [5.41, 5.74) is 0.883. The summed E-state index contributed by atoms with van der Waals surface area (Å²) in [4.78, 5) is 8.69. The lowest BCUT2D eigenvalue weighted by atomic mass is 10.1. The van der Waals surface area contributed by atoms with Gasteiger partial charge in [0.05, 0.1) is 10.2 Å². The van der Waals surface area contributed by atoms with Crippen LogP contribution in [0.15, 0.2) is 21.0 Å². The number of furan rings is 1. The molecule has 2 heterocycles. The van der Waals surface area contributed by atoms with Gasteiger partial charge in [0.15, 0.2) is 11.6 Å². The highest BCUT2D eigenvalue weighted by atomic mass is 79.9. The summed E-state index contributed by atoms with van der Waals surface area (Å²) in [6, 6.07) is 3.72. The second-order valence-electron chi connectivity index (χ2n) is 4.10. The van der Waals surface area contributed by atoms with Crippen LogP contribution in [0.1, 0.15) is 31.2 Å². The molecule has 0 fully saturated rings. The van der Waals surface area contributed by atoms with Crippen LogP contribution in [0.2, 0.25) is 5.15 Å². The zero-order chi connectivity index (χ0) is 12.6. The molecule has 90 valence electrons. The smallest absolute Gasteiger partial charge is 0.197 e. The molecular formula is C12H12BrClN2O. The average molecular weight is 316 g/mol. The summed E-state index contributed by atoms with van der Waals surface area (Å²) in [7, 11) is 0. The second kappa shape index (κ2) is 4.78. The monoisotopic (exact) mass is 314 g/mol. The van der Waals surface area contributed by atoms with Crippen LogP contribution >= 0.6 is 27.5 Å². The van der Waals surface area contributed by atoms with Gasteiger partial charge in [0, 0.05) is 0 Å². The van der Waals surface area contributed by atoms with Gasteiger partial charge in [0.2, 0.25) is 0 Å². The fraction of sp³-hybridized carbons (Fsp3) is 0.333. The highest BCUT2D eigenvalue weighted by Crippen LogP contribution is 2.31. The third kappa shape index (κ3) is 2.53. The van der Waals surface area contributed by atoms with E-state index in [2.05, 4.69) is 39.7 Å². The molecule has 0 aliphatic rings. The largest absolute Gasteiger partial charge is 0.458 e. The highest BCUT2D eigenvalue weighted by Gasteiger charge is 2.16. The molecule has 0 bridgehead atoms. The Labute approximate surface area is 113 Å². The molecule has 0 aliphatic carbocycles. The van der Waals surface area contributed by atoms with Crippen molar-refractivity contribution in [1.82, 2.24) is 9.97 Å². The van der Waals surface area contributed by atoms with E-state index in [4.69, 9.17) is 16.0 Å². The number of aromatic nitrogens is 2. The van der Waals surface area contributed by atoms with Crippen molar-refractivity contribution >= 4 is 27.5 Å². The van der Waals surface area contributed by atoms with Crippen molar-refractivity contribution in [2.24, 2.45) is 0 Å². The fourth-order valence-electron chi connectivity index (χ4n) is 1.48. The van der Waals surface area contributed by atoms with Crippen molar-refractivity contribution < 1.29 is 4.42 Å². The van der Waals surface area contributed by atoms with E-state index in [1.54, 1.807) is 0 Å². The van der Waals surface area contributed by atoms with Crippen molar-refractivity contribution in [3.05, 3.63) is 33.2 Å². The number of hydrogen-bond donors (Lipinski definition) is 0. The van der Waals surface area contributed by atoms with Crippen LogP contribution in [0.5, 0.6) is 0 Å². The van der Waals surface area contributed by atoms with Gasteiger partial charge in [0.25, 0.3) is 0 Å². The van der Waals surface area contributed by atoms with E-state index in [1.165, 1.54) is 0 Å². The van der Waals surface area contributed by atoms with Crippen molar-refractivity contribution in [2.75, 3.05) is 0 Å². The molecule has 2 rings (SSSR count). The Hall–Kier alpha value is -0.870. The molecule has 2 aromatic heterocycles. The SMILES string of the molecule is Cc1ccc(-c2nc(Cl)c(Br)c(C(C)C)n2)o1. The zero-order valence-corrected chi connectivity index (χ0v) is 12.1. The van der Waals surface area contributed by atoms with E-state index in [-0.39, 0.29) is 5.92 Å². The Morgan fingerprint density at radius 3 is 2.53 bits per heavy atom. The quantitative estimate of drug-likeness (QED) is 0.761. The predicted molar refractivity (Wildman–Crippen MR) is 71.3 cm³/mol. The topological polar surface area (TPSA) is 38.9 Å². The Balaban J connectivity index is 2.56. The Morgan fingerprint density at radius 1 is 1.29 bits per heavy atom. The van der Waals surface area contributed by atoms with E-state index >= 15 is 0 Å². The number of halogens is 2. The van der Waals surface area contributed by atoms with Gasteiger partial charge in [0.1, 0.15) is 10.9 Å². The molecule has 0 atom stereocenters. The first kappa shape index (κ1) is 12.6. The summed E-state index contributed by atoms with van der Waals surface area (Å²) in [5.74, 6) is 2.25. The van der Waals surface area contributed by atoms with Crippen molar-refractivity contribution in [3.63, 3.8) is 0 Å². The Bertz CT molecular complexity index is 551. The molecule has 0 radical (unpaired) electrons. The molecule has 0 amide bonds. The lowest BCUT2D eigenvalue weighted by Crippen LogP contribution is -1.99. The lowest BCUT2D eigenvalue weighted by molar-refractivity contribution is 0.543. The minimum atomic E-state index is 0.264. The maximum Gasteiger partial charge on any atom is 0.197 e. The maximum atomic E-state index is 6.08. The van der Waals surface area contributed by atoms with Gasteiger partial charge >= 0.3 is 0 Å². The second-order valence-corrected chi connectivity index (χ2v) is 5.25. The third-order valence-electron chi connectivity index (χ3n) is 2.34. The van der Waals surface area contributed by atoms with Crippen LogP contribution in [0.3, 0.4) is 0 Å². The lowest BCUT2D eigenvalue weighted by Gasteiger charge is -2.09.